The van der Waals surface area contributed by atoms with Crippen LogP contribution in [0.15, 0.2) is 114 Å². The number of anilines is 1. The fourth-order valence-electron chi connectivity index (χ4n) is 12.3. The molecule has 8 atom stereocenters. The molecule has 1 unspecified atom stereocenters. The zero-order valence-corrected chi connectivity index (χ0v) is 64.9. The lowest BCUT2D eigenvalue weighted by Crippen LogP contribution is -2.58. The molecular formula is C74H96N16O15S4. The Kier molecular flexibility index (Phi) is 33.0. The number of likely N-dealkylation sites (tertiary alicyclic amines) is 2. The Hall–Kier alpha value is -9.67. The number of primary amides is 1. The summed E-state index contributed by atoms with van der Waals surface area (Å²) in [6.07, 6.45) is 1.96. The predicted molar refractivity (Wildman–Crippen MR) is 417 cm³/mol. The molecule has 0 spiro atoms. The maximum Gasteiger partial charge on any atom is 0.411 e. The van der Waals surface area contributed by atoms with E-state index in [2.05, 4.69) is 46.9 Å². The summed E-state index contributed by atoms with van der Waals surface area (Å²) in [5.74, 6) is -6.17. The van der Waals surface area contributed by atoms with E-state index in [9.17, 15) is 57.5 Å². The van der Waals surface area contributed by atoms with Gasteiger partial charge in [0.2, 0.25) is 41.4 Å². The van der Waals surface area contributed by atoms with Gasteiger partial charge in [0.25, 0.3) is 5.91 Å². The Morgan fingerprint density at radius 1 is 0.688 bits per heavy atom. The number of H-pyrrole nitrogens is 1. The lowest BCUT2D eigenvalue weighted by atomic mass is 10.0. The molecule has 0 radical (unpaired) electrons. The van der Waals surface area contributed by atoms with Crippen LogP contribution in [0.4, 0.5) is 21.0 Å². The second kappa shape index (κ2) is 42.3. The number of benzene rings is 4. The van der Waals surface area contributed by atoms with Gasteiger partial charge in [0.15, 0.2) is 17.8 Å². The van der Waals surface area contributed by atoms with Crippen molar-refractivity contribution in [1.82, 2.24) is 56.5 Å². The third-order valence-electron chi connectivity index (χ3n) is 18.0. The molecule has 586 valence electrons. The first-order valence-corrected chi connectivity index (χ1v) is 40.4. The van der Waals surface area contributed by atoms with Crippen molar-refractivity contribution in [3.8, 4) is 0 Å². The fraction of sp³-hybridized carbons (Fsp3) is 0.486. The Labute approximate surface area is 648 Å². The number of hydrogen-bond donors (Lipinski definition) is 9. The Bertz CT molecular complexity index is 4030. The number of fused-ring (bicyclic) bond motifs is 1. The minimum absolute atomic E-state index is 0.0190. The molecule has 31 nitrogen and oxygen atoms in total. The summed E-state index contributed by atoms with van der Waals surface area (Å²) in [4.78, 5) is 181. The van der Waals surface area contributed by atoms with Crippen LogP contribution in [-0.2, 0) is 81.1 Å². The van der Waals surface area contributed by atoms with Crippen molar-refractivity contribution in [2.24, 2.45) is 10.8 Å². The van der Waals surface area contributed by atoms with Crippen molar-refractivity contribution in [2.45, 2.75) is 163 Å². The smallest absolute Gasteiger partial charge is 0.411 e. The molecule has 3 aliphatic heterocycles. The highest BCUT2D eigenvalue weighted by molar-refractivity contribution is 8.77. The fourth-order valence-corrected chi connectivity index (χ4v) is 16.7. The first-order valence-electron chi connectivity index (χ1n) is 35.9. The van der Waals surface area contributed by atoms with E-state index in [0.717, 1.165) is 17.3 Å². The van der Waals surface area contributed by atoms with Gasteiger partial charge in [-0.2, -0.15) is 0 Å². The highest BCUT2D eigenvalue weighted by Gasteiger charge is 2.42. The second-order valence-corrected chi connectivity index (χ2v) is 32.9. The number of carbonyl (C=O) groups is 12. The van der Waals surface area contributed by atoms with Crippen molar-refractivity contribution >= 4 is 138 Å². The van der Waals surface area contributed by atoms with Crippen LogP contribution < -0.4 is 43.4 Å². The Morgan fingerprint density at radius 2 is 1.32 bits per heavy atom. The summed E-state index contributed by atoms with van der Waals surface area (Å²) in [7, 11) is 6.58. The molecule has 3 saturated heterocycles. The van der Waals surface area contributed by atoms with Crippen LogP contribution in [0, 0.1) is 0 Å². The van der Waals surface area contributed by atoms with Gasteiger partial charge in [-0.05, 0) is 125 Å². The highest BCUT2D eigenvalue weighted by atomic mass is 33.1. The summed E-state index contributed by atoms with van der Waals surface area (Å²) >= 11 is 2.31. The van der Waals surface area contributed by atoms with Crippen molar-refractivity contribution in [3.63, 3.8) is 0 Å². The summed E-state index contributed by atoms with van der Waals surface area (Å²) in [5.41, 5.74) is 24.2. The van der Waals surface area contributed by atoms with Crippen LogP contribution in [0.3, 0.4) is 0 Å². The maximum absolute atomic E-state index is 14.9. The van der Waals surface area contributed by atoms with Gasteiger partial charge in [-0.25, -0.2) is 14.4 Å². The van der Waals surface area contributed by atoms with E-state index in [4.69, 9.17) is 31.2 Å². The SMILES string of the molecule is CN(C)CCCC[C@H](NC(=O)[C@H](CSSC(C)(C)C)NC(=O)OCc1ccc(N=[N+]=[N-])cc1)C(=O)NC(C(=O)OCC(=O)N1CCC[C@H]1C(=O)N[C@@H](CCCCNC(=O)[C@@H]1CSCN1C(=O)OCc1ccc(N)cc1)C(=O)N[C@@H](CC(=O)SCc1ccccc1)C(=O)N1CCC[C@H]1C(N)=O)c1c[nH]c2ccccc12. The first kappa shape index (κ1) is 84.9. The van der Waals surface area contributed by atoms with Crippen LogP contribution in [0.25, 0.3) is 21.3 Å². The molecule has 8 rings (SSSR count). The zero-order chi connectivity index (χ0) is 78.6. The number of aromatic nitrogens is 1. The number of hydrogen-bond acceptors (Lipinski definition) is 22. The van der Waals surface area contributed by atoms with E-state index in [-0.39, 0.29) is 99.1 Å². The molecule has 3 fully saturated rings. The maximum atomic E-state index is 14.9. The van der Waals surface area contributed by atoms with Crippen molar-refractivity contribution < 1.29 is 71.7 Å². The predicted octanol–water partition coefficient (Wildman–Crippen LogP) is 7.37. The quantitative estimate of drug-likeness (QED) is 0.00272. The standard InChI is InChI=1S/C74H96N16O15S4/c1-74(2,3)109-108-43-57(83-72(101)104-39-47-27-31-50(32-28-47)85-86-77)67(96)80-55(22-12-14-34-87(4)5)66(95)84-63(52-38-79-53-20-10-9-19-51(52)53)71(100)103-41-61(91)88-35-16-24-59(88)69(98)81-54(21-11-13-33-78-68(97)60-44-106-45-90(60)73(102)105-40-46-25-29-49(75)30-26-46)65(94)82-56(70(99)89-36-15-23-58(89)64(76)93)37-62(92)107-42-48-17-7-6-8-18-48/h6-10,17-20,25-32,38,54-60,63,79H,11-16,21-24,33-37,39-45,75H2,1-5H3,(H2,76,93)(H,78,97)(H,80,96)(H,81,98)(H,82,94)(H,83,101)(H,84,95)/t54-,55-,56-,57-,58-,59-,60-,63?/m0/s1. The Balaban J connectivity index is 0.971. The summed E-state index contributed by atoms with van der Waals surface area (Å²) in [5, 5.41) is 20.3. The third-order valence-corrected chi connectivity index (χ3v) is 23.3. The molecule has 10 amide bonds. The normalized spacial score (nSPS) is 16.9. The number of rotatable bonds is 38. The molecule has 0 bridgehead atoms. The molecule has 11 N–H and O–H groups in total. The van der Waals surface area contributed by atoms with E-state index in [1.165, 1.54) is 54.2 Å². The Morgan fingerprint density at radius 3 is 2.02 bits per heavy atom. The molecule has 35 heteroatoms. The molecule has 109 heavy (non-hydrogen) atoms. The second-order valence-electron chi connectivity index (χ2n) is 27.7. The molecule has 5 aromatic rings. The molecular weight excluding hydrogens is 1480 g/mol. The number of nitrogens with two attached hydrogens (primary N) is 2. The van der Waals surface area contributed by atoms with Crippen molar-refractivity contribution in [1.29, 1.82) is 0 Å². The molecule has 4 aromatic carbocycles. The monoisotopic (exact) mass is 1580 g/mol. The van der Waals surface area contributed by atoms with Crippen molar-refractivity contribution in [2.75, 3.05) is 70.0 Å². The average Bonchev–Trinajstić information content (AvgIpc) is 1.69. The largest absolute Gasteiger partial charge is 0.454 e. The number of alkyl carbamates (subject to hydrolysis) is 1. The van der Waals surface area contributed by atoms with Crippen LogP contribution in [-0.4, -0.2) is 206 Å². The number of ether oxygens (including phenoxy) is 3. The number of esters is 1. The summed E-state index contributed by atoms with van der Waals surface area (Å²) in [6, 6.07) is 19.1. The number of amides is 10. The van der Waals surface area contributed by atoms with Crippen LogP contribution in [0.5, 0.6) is 0 Å². The van der Waals surface area contributed by atoms with E-state index < -0.39 is 132 Å². The van der Waals surface area contributed by atoms with Gasteiger partial charge in [-0.15, -0.1) is 11.8 Å². The van der Waals surface area contributed by atoms with Gasteiger partial charge in [0.05, 0.1) is 5.88 Å². The van der Waals surface area contributed by atoms with E-state index in [0.29, 0.717) is 71.4 Å². The van der Waals surface area contributed by atoms with E-state index in [1.54, 1.807) is 72.8 Å². The van der Waals surface area contributed by atoms with Gasteiger partial charge in [0.1, 0.15) is 55.5 Å². The number of thioether (sulfide) groups is 2. The average molecular weight is 1580 g/mol. The number of nitrogens with zero attached hydrogens (tertiary/aromatic N) is 7. The number of nitrogen functional groups attached to an aromatic ring is 1. The number of unbranched alkanes of at least 4 members (excludes halogenated alkanes) is 2. The van der Waals surface area contributed by atoms with E-state index in [1.807, 2.05) is 70.1 Å². The van der Waals surface area contributed by atoms with Gasteiger partial charge >= 0.3 is 18.2 Å². The van der Waals surface area contributed by atoms with Crippen molar-refractivity contribution in [3.05, 3.63) is 142 Å². The number of aromatic amines is 1. The lowest BCUT2D eigenvalue weighted by molar-refractivity contribution is -0.156. The van der Waals surface area contributed by atoms with Crippen LogP contribution in [0.2, 0.25) is 0 Å². The molecule has 1 aromatic heterocycles. The molecule has 0 saturated carbocycles. The van der Waals surface area contributed by atoms with Gasteiger partial charge in [-0.3, -0.25) is 48.1 Å². The number of para-hydroxylation sites is 1. The lowest BCUT2D eigenvalue weighted by Gasteiger charge is -2.30. The zero-order valence-electron chi connectivity index (χ0n) is 61.6. The topological polar surface area (TPSA) is 434 Å². The van der Waals surface area contributed by atoms with Gasteiger partial charge in [0, 0.05) is 87.0 Å². The van der Waals surface area contributed by atoms with Crippen LogP contribution in [0.1, 0.15) is 120 Å². The van der Waals surface area contributed by atoms with Crippen LogP contribution >= 0.6 is 45.1 Å². The highest BCUT2D eigenvalue weighted by Crippen LogP contribution is 2.36. The van der Waals surface area contributed by atoms with Gasteiger partial charge < -0.3 is 77.3 Å². The molecule has 4 heterocycles. The van der Waals surface area contributed by atoms with E-state index >= 15 is 0 Å². The molecule has 0 aliphatic carbocycles. The number of azide groups is 1. The first-order chi connectivity index (χ1) is 52.2. The number of carbonyl (C=O) groups excluding carboxylic acids is 12. The summed E-state index contributed by atoms with van der Waals surface area (Å²) < 4.78 is 16.6. The third kappa shape index (κ3) is 26.6. The minimum atomic E-state index is -1.60. The molecule has 3 aliphatic rings. The number of nitrogens with one attached hydrogen (secondary N) is 7. The minimum Gasteiger partial charge on any atom is -0.454 e. The summed E-state index contributed by atoms with van der Waals surface area (Å²) in [6.45, 7) is 5.66. The van der Waals surface area contributed by atoms with Gasteiger partial charge in [-0.1, -0.05) is 144 Å².